The van der Waals surface area contributed by atoms with Crippen LogP contribution >= 0.6 is 7.82 Å². The lowest BCUT2D eigenvalue weighted by Gasteiger charge is -2.21. The molecule has 0 amide bonds. The van der Waals surface area contributed by atoms with Gasteiger partial charge in [-0.25, -0.2) is 4.57 Å². The molecule has 3 unspecified atom stereocenters. The number of ether oxygens (including phenoxy) is 3. The molecule has 0 heterocycles. The third-order valence-electron chi connectivity index (χ3n) is 12.2. The molecular formula is C68H109O11P. The lowest BCUT2D eigenvalue weighted by molar-refractivity contribution is -0.161. The molecule has 0 saturated carbocycles. The Hall–Kier alpha value is -4.64. The van der Waals surface area contributed by atoms with Crippen LogP contribution in [0.3, 0.4) is 0 Å². The highest BCUT2D eigenvalue weighted by molar-refractivity contribution is 7.47. The molecule has 452 valence electrons. The smallest absolute Gasteiger partial charge is 0.462 e. The van der Waals surface area contributed by atoms with Crippen molar-refractivity contribution in [2.24, 2.45) is 0 Å². The van der Waals surface area contributed by atoms with Crippen LogP contribution in [0.5, 0.6) is 0 Å². The van der Waals surface area contributed by atoms with Gasteiger partial charge in [0.1, 0.15) is 12.7 Å². The SMILES string of the molecule is CC/C=C\C/C=C\C/C=C\C/C=C\C/C=C\C/C=C\CCC(=O)OC(COC(=O)CCCCCCCCCCC/C=C\C/C=C\CCCCC)COP(=O)(O)OCC(CO)OC(=O)CCCC/C=C\C/C=C\C/C=C\C/C=C\CC. The Labute approximate surface area is 486 Å². The average Bonchev–Trinajstić information content (AvgIpc) is 3.45. The number of hydrogen-bond donors (Lipinski definition) is 2. The van der Waals surface area contributed by atoms with Gasteiger partial charge in [0.25, 0.3) is 0 Å². The van der Waals surface area contributed by atoms with E-state index >= 15 is 0 Å². The van der Waals surface area contributed by atoms with Gasteiger partial charge in [-0.1, -0.05) is 224 Å². The molecule has 0 aromatic rings. The summed E-state index contributed by atoms with van der Waals surface area (Å²) in [6.07, 6.45) is 78.2. The molecule has 0 rings (SSSR count). The van der Waals surface area contributed by atoms with Crippen LogP contribution in [0.25, 0.3) is 0 Å². The molecule has 0 fully saturated rings. The summed E-state index contributed by atoms with van der Waals surface area (Å²) in [5.41, 5.74) is 0. The van der Waals surface area contributed by atoms with Crippen molar-refractivity contribution in [1.29, 1.82) is 0 Å². The first-order chi connectivity index (χ1) is 39.2. The fourth-order valence-electron chi connectivity index (χ4n) is 7.64. The van der Waals surface area contributed by atoms with E-state index < -0.39 is 57.8 Å². The third-order valence-corrected chi connectivity index (χ3v) is 13.2. The van der Waals surface area contributed by atoms with Crippen LogP contribution < -0.4 is 0 Å². The first-order valence-corrected chi connectivity index (χ1v) is 32.2. The fourth-order valence-corrected chi connectivity index (χ4v) is 8.42. The zero-order chi connectivity index (χ0) is 58.3. The summed E-state index contributed by atoms with van der Waals surface area (Å²) in [7, 11) is -4.79. The molecule has 0 bridgehead atoms. The minimum atomic E-state index is -4.79. The molecule has 0 saturated heterocycles. The molecule has 0 aromatic heterocycles. The van der Waals surface area contributed by atoms with E-state index in [9.17, 15) is 28.9 Å². The van der Waals surface area contributed by atoms with Gasteiger partial charge in [0.05, 0.1) is 19.8 Å². The molecule has 0 spiro atoms. The van der Waals surface area contributed by atoms with E-state index in [1.807, 2.05) is 12.2 Å². The summed E-state index contributed by atoms with van der Waals surface area (Å²) < 4.78 is 39.5. The Morgan fingerprint density at radius 1 is 0.362 bits per heavy atom. The second kappa shape index (κ2) is 60.5. The predicted octanol–water partition coefficient (Wildman–Crippen LogP) is 18.7. The van der Waals surface area contributed by atoms with Crippen LogP contribution in [-0.2, 0) is 42.2 Å². The number of aliphatic hydroxyl groups is 1. The molecule has 11 nitrogen and oxygen atoms in total. The van der Waals surface area contributed by atoms with Gasteiger partial charge in [-0.15, -0.1) is 0 Å². The minimum Gasteiger partial charge on any atom is -0.462 e. The first kappa shape index (κ1) is 75.4. The zero-order valence-electron chi connectivity index (χ0n) is 50.0. The molecule has 0 aliphatic heterocycles. The summed E-state index contributed by atoms with van der Waals surface area (Å²) in [5, 5.41) is 9.83. The maximum absolute atomic E-state index is 12.9. The zero-order valence-corrected chi connectivity index (χ0v) is 50.9. The van der Waals surface area contributed by atoms with Crippen molar-refractivity contribution in [3.63, 3.8) is 0 Å². The van der Waals surface area contributed by atoms with Gasteiger partial charge in [-0.05, 0) is 128 Å². The number of phosphoric acid groups is 1. The van der Waals surface area contributed by atoms with E-state index in [-0.39, 0.29) is 25.9 Å². The van der Waals surface area contributed by atoms with Crippen LogP contribution in [-0.4, -0.2) is 66.5 Å². The first-order valence-electron chi connectivity index (χ1n) is 30.7. The summed E-state index contributed by atoms with van der Waals surface area (Å²) >= 11 is 0. The van der Waals surface area contributed by atoms with Gasteiger partial charge in [-0.2, -0.15) is 0 Å². The van der Waals surface area contributed by atoms with Crippen LogP contribution in [0.1, 0.15) is 226 Å². The van der Waals surface area contributed by atoms with Crippen LogP contribution in [0, 0.1) is 0 Å². The van der Waals surface area contributed by atoms with Gasteiger partial charge in [0.2, 0.25) is 0 Å². The fraction of sp³-hybridized carbons (Fsp3) is 0.603. The summed E-state index contributed by atoms with van der Waals surface area (Å²) in [5.74, 6) is -1.63. The Morgan fingerprint density at radius 2 is 0.675 bits per heavy atom. The number of aliphatic hydroxyl groups excluding tert-OH is 1. The third kappa shape index (κ3) is 58.0. The van der Waals surface area contributed by atoms with E-state index in [4.69, 9.17) is 23.3 Å². The van der Waals surface area contributed by atoms with Gasteiger partial charge in [-0.3, -0.25) is 23.4 Å². The van der Waals surface area contributed by atoms with Gasteiger partial charge in [0, 0.05) is 19.3 Å². The molecule has 80 heavy (non-hydrogen) atoms. The molecule has 2 N–H and O–H groups in total. The number of allylic oxidation sites excluding steroid dienone is 24. The highest BCUT2D eigenvalue weighted by Crippen LogP contribution is 2.43. The van der Waals surface area contributed by atoms with Crippen LogP contribution in [0.2, 0.25) is 0 Å². The quantitative estimate of drug-likeness (QED) is 0.0197. The lowest BCUT2D eigenvalue weighted by atomic mass is 10.1. The number of phosphoric ester groups is 1. The molecule has 12 heteroatoms. The summed E-state index contributed by atoms with van der Waals surface area (Å²) in [6.45, 7) is 4.25. The van der Waals surface area contributed by atoms with Gasteiger partial charge < -0.3 is 24.2 Å². The topological polar surface area (TPSA) is 155 Å². The van der Waals surface area contributed by atoms with E-state index in [0.717, 1.165) is 103 Å². The average molecular weight is 1130 g/mol. The van der Waals surface area contributed by atoms with E-state index in [0.29, 0.717) is 25.7 Å². The highest BCUT2D eigenvalue weighted by atomic mass is 31.2. The summed E-state index contributed by atoms with van der Waals surface area (Å²) in [6, 6.07) is 0. The predicted molar refractivity (Wildman–Crippen MR) is 334 cm³/mol. The number of carbonyl (C=O) groups excluding carboxylic acids is 3. The second-order valence-electron chi connectivity index (χ2n) is 19.7. The second-order valence-corrected chi connectivity index (χ2v) is 21.2. The number of carbonyl (C=O) groups is 3. The van der Waals surface area contributed by atoms with Crippen molar-refractivity contribution in [2.45, 2.75) is 238 Å². The van der Waals surface area contributed by atoms with Crippen molar-refractivity contribution >= 4 is 25.7 Å². The van der Waals surface area contributed by atoms with Crippen LogP contribution in [0.15, 0.2) is 146 Å². The molecule has 0 aliphatic rings. The van der Waals surface area contributed by atoms with Crippen molar-refractivity contribution in [3.05, 3.63) is 146 Å². The number of esters is 3. The van der Waals surface area contributed by atoms with E-state index in [1.54, 1.807) is 0 Å². The Bertz CT molecular complexity index is 1900. The van der Waals surface area contributed by atoms with Crippen molar-refractivity contribution < 1.29 is 52.2 Å². The van der Waals surface area contributed by atoms with Crippen molar-refractivity contribution in [3.8, 4) is 0 Å². The Kier molecular flexibility index (Phi) is 56.9. The van der Waals surface area contributed by atoms with E-state index in [1.165, 1.54) is 57.8 Å². The Morgan fingerprint density at radius 3 is 1.10 bits per heavy atom. The molecule has 0 aromatic carbocycles. The van der Waals surface area contributed by atoms with Crippen molar-refractivity contribution in [1.82, 2.24) is 0 Å². The number of rotatable bonds is 55. The van der Waals surface area contributed by atoms with Crippen LogP contribution in [0.4, 0.5) is 0 Å². The summed E-state index contributed by atoms with van der Waals surface area (Å²) in [4.78, 5) is 48.6. The van der Waals surface area contributed by atoms with E-state index in [2.05, 4.69) is 154 Å². The Balaban J connectivity index is 4.89. The number of hydrogen-bond acceptors (Lipinski definition) is 10. The van der Waals surface area contributed by atoms with Gasteiger partial charge in [0.15, 0.2) is 6.10 Å². The van der Waals surface area contributed by atoms with Gasteiger partial charge >= 0.3 is 25.7 Å². The molecular weight excluding hydrogens is 1020 g/mol. The van der Waals surface area contributed by atoms with Crippen molar-refractivity contribution in [2.75, 3.05) is 26.4 Å². The number of unbranched alkanes of at least 4 members (excludes halogenated alkanes) is 14. The monoisotopic (exact) mass is 1130 g/mol. The normalized spacial score (nSPS) is 14.3. The molecule has 0 aliphatic carbocycles. The maximum Gasteiger partial charge on any atom is 0.472 e. The lowest BCUT2D eigenvalue weighted by Crippen LogP contribution is -2.30. The largest absolute Gasteiger partial charge is 0.472 e. The molecule has 0 radical (unpaired) electrons. The highest BCUT2D eigenvalue weighted by Gasteiger charge is 2.28. The molecule has 3 atom stereocenters. The maximum atomic E-state index is 12.9. The standard InChI is InChI=1S/C68H109O11P/c1-4-7-10-13-16-19-22-25-28-30-32-34-37-39-42-45-48-51-54-57-66(70)75-61-65(79-68(72)59-56-53-50-47-44-41-38-35-33-31-29-26-23-20-17-14-11-8-5-2)63-77-80(73,74)76-62-64(60-69)78-67(71)58-55-52-49-46-43-40-36-27-24-21-18-15-12-9-6-3/h8-9,11-12,16-21,25-29,33,35-36,41,43-44,46,50,53,64-65,69H,4-7,10,13-15,22-24,30-32,34,37-40,42,45,47-49,51-52,54-63H2,1-3H3,(H,73,74)/b11-8-,12-9-,19-16-,20-17-,21-18-,28-25-,29-26-,35-33-,36-27-,44-41-,46-43-,53-50-. The minimum absolute atomic E-state index is 0.0303.